The Labute approximate surface area is 79.4 Å². The summed E-state index contributed by atoms with van der Waals surface area (Å²) in [7, 11) is 0. The van der Waals surface area contributed by atoms with E-state index in [1.54, 1.807) is 12.7 Å². The first-order valence-electron chi connectivity index (χ1n) is 4.89. The molecule has 0 aliphatic carbocycles. The molecule has 1 aromatic heterocycles. The van der Waals surface area contributed by atoms with Crippen molar-refractivity contribution in [2.24, 2.45) is 0 Å². The first-order valence-corrected chi connectivity index (χ1v) is 4.89. The van der Waals surface area contributed by atoms with Gasteiger partial charge in [0.1, 0.15) is 12.7 Å². The van der Waals surface area contributed by atoms with Crippen LogP contribution in [0.5, 0.6) is 0 Å². The lowest BCUT2D eigenvalue weighted by Gasteiger charge is -2.11. The normalized spacial score (nSPS) is 13.1. The molecule has 1 rings (SSSR count). The van der Waals surface area contributed by atoms with E-state index in [0.717, 1.165) is 13.1 Å². The van der Waals surface area contributed by atoms with Crippen molar-refractivity contribution in [3.8, 4) is 0 Å². The molecule has 13 heavy (non-hydrogen) atoms. The van der Waals surface area contributed by atoms with Crippen LogP contribution in [0.4, 0.5) is 0 Å². The smallest absolute Gasteiger partial charge is 0.137 e. The van der Waals surface area contributed by atoms with Gasteiger partial charge in [0.15, 0.2) is 0 Å². The zero-order chi connectivity index (χ0) is 9.52. The minimum absolute atomic E-state index is 0.388. The van der Waals surface area contributed by atoms with Crippen molar-refractivity contribution in [3.63, 3.8) is 0 Å². The number of aromatic nitrogens is 3. The van der Waals surface area contributed by atoms with E-state index in [0.29, 0.717) is 6.04 Å². The first kappa shape index (κ1) is 10.2. The highest BCUT2D eigenvalue weighted by atomic mass is 15.3. The lowest BCUT2D eigenvalue weighted by molar-refractivity contribution is 0.450. The van der Waals surface area contributed by atoms with Crippen LogP contribution in [0.25, 0.3) is 0 Å². The van der Waals surface area contributed by atoms with Crippen LogP contribution in [0, 0.1) is 0 Å². The highest BCUT2D eigenvalue weighted by Gasteiger charge is 2.02. The lowest BCUT2D eigenvalue weighted by Crippen LogP contribution is -2.24. The van der Waals surface area contributed by atoms with Gasteiger partial charge in [-0.05, 0) is 19.9 Å². The summed E-state index contributed by atoms with van der Waals surface area (Å²) >= 11 is 0. The van der Waals surface area contributed by atoms with Crippen molar-refractivity contribution in [2.75, 3.05) is 13.1 Å². The van der Waals surface area contributed by atoms with E-state index < -0.39 is 0 Å². The van der Waals surface area contributed by atoms with Gasteiger partial charge in [-0.25, -0.2) is 9.67 Å². The molecule has 1 atom stereocenters. The standard InChI is InChI=1S/C9H18N4/c1-3-4-5-10-6-9(2)13-8-11-7-12-13/h7-10H,3-6H2,1-2H3. The average Bonchev–Trinajstić information content (AvgIpc) is 2.65. The minimum Gasteiger partial charge on any atom is -0.315 e. The maximum Gasteiger partial charge on any atom is 0.137 e. The second-order valence-corrected chi connectivity index (χ2v) is 3.28. The molecule has 4 nitrogen and oxygen atoms in total. The molecule has 1 aromatic rings. The number of hydrogen-bond donors (Lipinski definition) is 1. The summed E-state index contributed by atoms with van der Waals surface area (Å²) in [6, 6.07) is 0.388. The molecular weight excluding hydrogens is 164 g/mol. The van der Waals surface area contributed by atoms with Crippen LogP contribution < -0.4 is 5.32 Å². The second-order valence-electron chi connectivity index (χ2n) is 3.28. The molecule has 0 bridgehead atoms. The Hall–Kier alpha value is -0.900. The summed E-state index contributed by atoms with van der Waals surface area (Å²) in [5.74, 6) is 0. The van der Waals surface area contributed by atoms with Gasteiger partial charge in [-0.15, -0.1) is 0 Å². The predicted octanol–water partition coefficient (Wildman–Crippen LogP) is 1.23. The molecule has 1 N–H and O–H groups in total. The molecule has 74 valence electrons. The summed E-state index contributed by atoms with van der Waals surface area (Å²) in [6.07, 6.45) is 5.81. The molecule has 0 amide bonds. The lowest BCUT2D eigenvalue weighted by atomic mass is 10.3. The summed E-state index contributed by atoms with van der Waals surface area (Å²) in [6.45, 7) is 6.38. The van der Waals surface area contributed by atoms with E-state index >= 15 is 0 Å². The monoisotopic (exact) mass is 182 g/mol. The van der Waals surface area contributed by atoms with Gasteiger partial charge in [-0.3, -0.25) is 0 Å². The largest absolute Gasteiger partial charge is 0.315 e. The fourth-order valence-corrected chi connectivity index (χ4v) is 1.15. The van der Waals surface area contributed by atoms with Crippen molar-refractivity contribution in [1.82, 2.24) is 20.1 Å². The zero-order valence-corrected chi connectivity index (χ0v) is 8.40. The number of hydrogen-bond acceptors (Lipinski definition) is 3. The summed E-state index contributed by atoms with van der Waals surface area (Å²) in [4.78, 5) is 3.91. The van der Waals surface area contributed by atoms with Crippen molar-refractivity contribution in [1.29, 1.82) is 0 Å². The van der Waals surface area contributed by atoms with Gasteiger partial charge in [0, 0.05) is 6.54 Å². The van der Waals surface area contributed by atoms with Gasteiger partial charge in [0.05, 0.1) is 6.04 Å². The quantitative estimate of drug-likeness (QED) is 0.673. The zero-order valence-electron chi connectivity index (χ0n) is 8.40. The summed E-state index contributed by atoms with van der Waals surface area (Å²) < 4.78 is 1.87. The number of rotatable bonds is 6. The third-order valence-electron chi connectivity index (χ3n) is 2.04. The molecular formula is C9H18N4. The fraction of sp³-hybridized carbons (Fsp3) is 0.778. The molecule has 4 heteroatoms. The van der Waals surface area contributed by atoms with Gasteiger partial charge in [-0.1, -0.05) is 13.3 Å². The molecule has 0 aliphatic heterocycles. The highest BCUT2D eigenvalue weighted by Crippen LogP contribution is 1.99. The van der Waals surface area contributed by atoms with Crippen LogP contribution in [0.2, 0.25) is 0 Å². The summed E-state index contributed by atoms with van der Waals surface area (Å²) in [5.41, 5.74) is 0. The van der Waals surface area contributed by atoms with E-state index in [1.807, 2.05) is 4.68 Å². The van der Waals surface area contributed by atoms with Crippen molar-refractivity contribution < 1.29 is 0 Å². The molecule has 0 fully saturated rings. The van der Waals surface area contributed by atoms with Gasteiger partial charge in [0.25, 0.3) is 0 Å². The van der Waals surface area contributed by atoms with Gasteiger partial charge < -0.3 is 5.32 Å². The third kappa shape index (κ3) is 3.55. The third-order valence-corrected chi connectivity index (χ3v) is 2.04. The maximum atomic E-state index is 4.08. The van der Waals surface area contributed by atoms with Crippen LogP contribution in [0.15, 0.2) is 12.7 Å². The van der Waals surface area contributed by atoms with Gasteiger partial charge in [0.2, 0.25) is 0 Å². The Morgan fingerprint density at radius 2 is 2.38 bits per heavy atom. The Kier molecular flexibility index (Phi) is 4.46. The predicted molar refractivity (Wildman–Crippen MR) is 52.5 cm³/mol. The van der Waals surface area contributed by atoms with E-state index in [9.17, 15) is 0 Å². The minimum atomic E-state index is 0.388. The van der Waals surface area contributed by atoms with Gasteiger partial charge >= 0.3 is 0 Å². The Bertz CT molecular complexity index is 207. The van der Waals surface area contributed by atoms with Crippen LogP contribution in [-0.4, -0.2) is 27.9 Å². The van der Waals surface area contributed by atoms with E-state index in [2.05, 4.69) is 29.2 Å². The molecule has 0 aromatic carbocycles. The topological polar surface area (TPSA) is 42.7 Å². The first-order chi connectivity index (χ1) is 6.34. The number of nitrogens with one attached hydrogen (secondary N) is 1. The molecule has 1 unspecified atom stereocenters. The molecule has 0 saturated carbocycles. The molecule has 0 saturated heterocycles. The highest BCUT2D eigenvalue weighted by molar-refractivity contribution is 4.66. The van der Waals surface area contributed by atoms with E-state index in [1.165, 1.54) is 12.8 Å². The van der Waals surface area contributed by atoms with Crippen LogP contribution in [-0.2, 0) is 0 Å². The molecule has 0 aliphatic rings. The molecule has 0 spiro atoms. The average molecular weight is 182 g/mol. The van der Waals surface area contributed by atoms with Crippen LogP contribution in [0.1, 0.15) is 32.7 Å². The number of unbranched alkanes of at least 4 members (excludes halogenated alkanes) is 1. The van der Waals surface area contributed by atoms with E-state index in [4.69, 9.17) is 0 Å². The fourth-order valence-electron chi connectivity index (χ4n) is 1.15. The van der Waals surface area contributed by atoms with Crippen LogP contribution >= 0.6 is 0 Å². The number of nitrogens with zero attached hydrogens (tertiary/aromatic N) is 3. The Balaban J connectivity index is 2.15. The molecule has 0 radical (unpaired) electrons. The van der Waals surface area contributed by atoms with Gasteiger partial charge in [-0.2, -0.15) is 5.10 Å². The second kappa shape index (κ2) is 5.70. The Morgan fingerprint density at radius 3 is 3.00 bits per heavy atom. The van der Waals surface area contributed by atoms with Crippen LogP contribution in [0.3, 0.4) is 0 Å². The van der Waals surface area contributed by atoms with Crippen molar-refractivity contribution >= 4 is 0 Å². The summed E-state index contributed by atoms with van der Waals surface area (Å²) in [5, 5.41) is 7.47. The van der Waals surface area contributed by atoms with E-state index in [-0.39, 0.29) is 0 Å². The van der Waals surface area contributed by atoms with Crippen molar-refractivity contribution in [2.45, 2.75) is 32.7 Å². The SMILES string of the molecule is CCCCNCC(C)n1cncn1. The maximum absolute atomic E-state index is 4.08. The van der Waals surface area contributed by atoms with Crippen molar-refractivity contribution in [3.05, 3.63) is 12.7 Å². The molecule has 1 heterocycles. The Morgan fingerprint density at radius 1 is 1.54 bits per heavy atom.